The zero-order chi connectivity index (χ0) is 24.1. The van der Waals surface area contributed by atoms with Crippen molar-refractivity contribution in [3.8, 4) is 0 Å². The van der Waals surface area contributed by atoms with E-state index in [1.165, 1.54) is 58.0 Å². The lowest BCUT2D eigenvalue weighted by Gasteiger charge is -2.13. The molecule has 0 unspecified atom stereocenters. The van der Waals surface area contributed by atoms with E-state index < -0.39 is 20.0 Å². The first-order valence-corrected chi connectivity index (χ1v) is 15.1. The molecule has 0 fully saturated rings. The molecule has 0 aliphatic heterocycles. The Hall–Kier alpha value is -1.44. The van der Waals surface area contributed by atoms with Crippen molar-refractivity contribution in [3.05, 3.63) is 36.4 Å². The summed E-state index contributed by atoms with van der Waals surface area (Å²) in [6.45, 7) is 8.32. The van der Waals surface area contributed by atoms with Crippen molar-refractivity contribution in [3.63, 3.8) is 0 Å². The zero-order valence-corrected chi connectivity index (χ0v) is 21.7. The van der Waals surface area contributed by atoms with Crippen molar-refractivity contribution in [1.29, 1.82) is 0 Å². The van der Waals surface area contributed by atoms with Gasteiger partial charge in [-0.2, -0.15) is 0 Å². The highest BCUT2D eigenvalue weighted by Gasteiger charge is 2.18. The van der Waals surface area contributed by atoms with Gasteiger partial charge in [0.25, 0.3) is 0 Å². The van der Waals surface area contributed by atoms with Gasteiger partial charge >= 0.3 is 0 Å². The number of hydrogen-bond acceptors (Lipinski definition) is 8. The SMILES string of the molecule is CC(C)CNS(=O)(=O)c1ccc(N)c(SSc2cc(S(=O)(=O)NCC(C)C)ccc2N)c1. The zero-order valence-electron chi connectivity index (χ0n) is 18.5. The number of rotatable bonds is 11. The van der Waals surface area contributed by atoms with Crippen LogP contribution in [0.1, 0.15) is 27.7 Å². The molecule has 8 nitrogen and oxygen atoms in total. The van der Waals surface area contributed by atoms with E-state index in [9.17, 15) is 16.8 Å². The van der Waals surface area contributed by atoms with E-state index in [1.54, 1.807) is 0 Å². The Balaban J connectivity index is 2.23. The molecule has 6 N–H and O–H groups in total. The second kappa shape index (κ2) is 11.1. The highest BCUT2D eigenvalue weighted by Crippen LogP contribution is 2.43. The lowest BCUT2D eigenvalue weighted by Crippen LogP contribution is -2.27. The van der Waals surface area contributed by atoms with Crippen LogP contribution in [0, 0.1) is 11.8 Å². The van der Waals surface area contributed by atoms with Gasteiger partial charge in [0, 0.05) is 34.3 Å². The van der Waals surface area contributed by atoms with Crippen LogP contribution in [0.3, 0.4) is 0 Å². The normalized spacial score (nSPS) is 12.6. The number of hydrogen-bond donors (Lipinski definition) is 4. The lowest BCUT2D eigenvalue weighted by atomic mass is 10.2. The number of sulfonamides is 2. The average molecular weight is 519 g/mol. The van der Waals surface area contributed by atoms with Gasteiger partial charge in [0.1, 0.15) is 0 Å². The van der Waals surface area contributed by atoms with E-state index in [0.29, 0.717) is 34.3 Å². The molecule has 0 amide bonds. The summed E-state index contributed by atoms with van der Waals surface area (Å²) in [6.07, 6.45) is 0. The molecule has 0 aromatic heterocycles. The third-order valence-electron chi connectivity index (χ3n) is 4.18. The fourth-order valence-electron chi connectivity index (χ4n) is 2.32. The van der Waals surface area contributed by atoms with E-state index in [4.69, 9.17) is 11.5 Å². The van der Waals surface area contributed by atoms with Crippen molar-refractivity contribution in [2.75, 3.05) is 24.6 Å². The Morgan fingerprint density at radius 1 is 0.719 bits per heavy atom. The summed E-state index contributed by atoms with van der Waals surface area (Å²) in [4.78, 5) is 1.29. The molecule has 0 aliphatic carbocycles. The first-order valence-electron chi connectivity index (χ1n) is 9.94. The molecule has 2 aromatic rings. The second-order valence-corrected chi connectivity index (χ2v) is 13.8. The molecule has 0 aliphatic rings. The van der Waals surface area contributed by atoms with E-state index in [0.717, 1.165) is 0 Å². The van der Waals surface area contributed by atoms with E-state index in [-0.39, 0.29) is 21.6 Å². The monoisotopic (exact) mass is 518 g/mol. The fraction of sp³-hybridized carbons (Fsp3) is 0.400. The van der Waals surface area contributed by atoms with Gasteiger partial charge in [0.2, 0.25) is 20.0 Å². The maximum absolute atomic E-state index is 12.5. The van der Waals surface area contributed by atoms with Gasteiger partial charge in [-0.25, -0.2) is 26.3 Å². The number of nitrogen functional groups attached to an aromatic ring is 2. The minimum atomic E-state index is -3.67. The minimum Gasteiger partial charge on any atom is -0.398 e. The van der Waals surface area contributed by atoms with Crippen LogP contribution in [0.15, 0.2) is 56.0 Å². The summed E-state index contributed by atoms with van der Waals surface area (Å²) in [5, 5.41) is 0. The molecule has 0 atom stereocenters. The first-order chi connectivity index (χ1) is 14.8. The average Bonchev–Trinajstić information content (AvgIpc) is 2.71. The summed E-state index contributed by atoms with van der Waals surface area (Å²) >= 11 is 0. The molecule has 12 heteroatoms. The molecule has 178 valence electrons. The Morgan fingerprint density at radius 2 is 1.06 bits per heavy atom. The van der Waals surface area contributed by atoms with Gasteiger partial charge in [-0.1, -0.05) is 49.3 Å². The standard InChI is InChI=1S/C20H30N4O4S4/c1-13(2)11-23-31(25,26)15-5-7-17(21)19(9-15)29-30-20-10-16(6-8-18(20)22)32(27,28)24-12-14(3)4/h5-10,13-14,23-24H,11-12,21-22H2,1-4H3. The molecule has 0 spiro atoms. The molecular formula is C20H30N4O4S4. The molecule has 0 bridgehead atoms. The van der Waals surface area contributed by atoms with Crippen LogP contribution in [0.4, 0.5) is 11.4 Å². The Labute approximate surface area is 198 Å². The summed E-state index contributed by atoms with van der Waals surface area (Å²) in [5.41, 5.74) is 12.9. The molecular weight excluding hydrogens is 489 g/mol. The Kier molecular flexibility index (Phi) is 9.32. The molecule has 0 heterocycles. The molecule has 0 saturated carbocycles. The molecule has 0 radical (unpaired) electrons. The summed E-state index contributed by atoms with van der Waals surface area (Å²) < 4.78 is 55.3. The number of nitrogens with one attached hydrogen (secondary N) is 2. The van der Waals surface area contributed by atoms with Gasteiger partial charge in [-0.3, -0.25) is 0 Å². The number of anilines is 2. The smallest absolute Gasteiger partial charge is 0.240 e. The van der Waals surface area contributed by atoms with Crippen molar-refractivity contribution < 1.29 is 16.8 Å². The van der Waals surface area contributed by atoms with Gasteiger partial charge in [-0.05, 0) is 48.2 Å². The van der Waals surface area contributed by atoms with Crippen LogP contribution in [0.25, 0.3) is 0 Å². The van der Waals surface area contributed by atoms with Crippen molar-refractivity contribution in [2.45, 2.75) is 47.3 Å². The van der Waals surface area contributed by atoms with E-state index in [2.05, 4.69) is 9.44 Å². The second-order valence-electron chi connectivity index (χ2n) is 8.06. The van der Waals surface area contributed by atoms with Gasteiger partial charge in [-0.15, -0.1) is 0 Å². The van der Waals surface area contributed by atoms with Crippen LogP contribution in [0.2, 0.25) is 0 Å². The van der Waals surface area contributed by atoms with Crippen LogP contribution >= 0.6 is 21.6 Å². The van der Waals surface area contributed by atoms with E-state index in [1.807, 2.05) is 27.7 Å². The van der Waals surface area contributed by atoms with Gasteiger partial charge in [0.05, 0.1) is 9.79 Å². The third-order valence-corrected chi connectivity index (χ3v) is 9.49. The van der Waals surface area contributed by atoms with Gasteiger partial charge < -0.3 is 11.5 Å². The molecule has 0 saturated heterocycles. The highest BCUT2D eigenvalue weighted by molar-refractivity contribution is 8.76. The predicted octanol–water partition coefficient (Wildman–Crippen LogP) is 3.52. The molecule has 2 rings (SSSR count). The third kappa shape index (κ3) is 7.56. The van der Waals surface area contributed by atoms with Crippen LogP contribution in [-0.4, -0.2) is 29.9 Å². The van der Waals surface area contributed by atoms with E-state index >= 15 is 0 Å². The Morgan fingerprint density at radius 3 is 1.38 bits per heavy atom. The highest BCUT2D eigenvalue weighted by atomic mass is 33.1. The summed E-state index contributed by atoms with van der Waals surface area (Å²) in [6, 6.07) is 8.97. The summed E-state index contributed by atoms with van der Waals surface area (Å²) in [5.74, 6) is 0.342. The van der Waals surface area contributed by atoms with Crippen LogP contribution in [0.5, 0.6) is 0 Å². The fourth-order valence-corrected chi connectivity index (χ4v) is 7.21. The van der Waals surface area contributed by atoms with Gasteiger partial charge in [0.15, 0.2) is 0 Å². The lowest BCUT2D eigenvalue weighted by molar-refractivity contribution is 0.559. The van der Waals surface area contributed by atoms with Crippen molar-refractivity contribution in [1.82, 2.24) is 9.44 Å². The maximum atomic E-state index is 12.5. The predicted molar refractivity (Wildman–Crippen MR) is 133 cm³/mol. The van der Waals surface area contributed by atoms with Crippen LogP contribution < -0.4 is 20.9 Å². The van der Waals surface area contributed by atoms with Crippen molar-refractivity contribution in [2.24, 2.45) is 11.8 Å². The summed E-state index contributed by atoms with van der Waals surface area (Å²) in [7, 11) is -4.91. The minimum absolute atomic E-state index is 0.109. The topological polar surface area (TPSA) is 144 Å². The largest absolute Gasteiger partial charge is 0.398 e. The quantitative estimate of drug-likeness (QED) is 0.261. The Bertz CT molecular complexity index is 1060. The maximum Gasteiger partial charge on any atom is 0.240 e. The number of benzene rings is 2. The number of nitrogens with two attached hydrogens (primary N) is 2. The molecule has 32 heavy (non-hydrogen) atoms. The first kappa shape index (κ1) is 26.8. The molecule has 2 aromatic carbocycles. The van der Waals surface area contributed by atoms with Crippen LogP contribution in [-0.2, 0) is 20.0 Å². The van der Waals surface area contributed by atoms with Crippen molar-refractivity contribution >= 4 is 53.0 Å².